The number of fused-ring (bicyclic) bond motifs is 1. The molecule has 0 saturated carbocycles. The SMILES string of the molecule is Cc1cc(F)cc(-c2cnc3ccc(-c4cc(F)cc(CC(N)=O)c4)cc3c2C(=O)N(C)C[C@@H]2CCCN2C(=O)OC(C)(C)C)c1. The van der Waals surface area contributed by atoms with Crippen LogP contribution in [0, 0.1) is 18.6 Å². The Labute approximate surface area is 267 Å². The lowest BCUT2D eigenvalue weighted by molar-refractivity contribution is -0.117. The molecular formula is C36H38F2N4O4. The summed E-state index contributed by atoms with van der Waals surface area (Å²) < 4.78 is 34.9. The van der Waals surface area contributed by atoms with Crippen molar-refractivity contribution >= 4 is 28.8 Å². The van der Waals surface area contributed by atoms with Crippen molar-refractivity contribution in [2.75, 3.05) is 20.1 Å². The molecule has 8 nitrogen and oxygen atoms in total. The van der Waals surface area contributed by atoms with Crippen LogP contribution in [0.1, 0.15) is 55.1 Å². The fraction of sp³-hybridized carbons (Fsp3) is 0.333. The molecule has 0 spiro atoms. The lowest BCUT2D eigenvalue weighted by Gasteiger charge is -2.31. The quantitative estimate of drug-likeness (QED) is 0.247. The fourth-order valence-corrected chi connectivity index (χ4v) is 6.01. The van der Waals surface area contributed by atoms with E-state index in [1.165, 1.54) is 24.3 Å². The van der Waals surface area contributed by atoms with Gasteiger partial charge in [-0.3, -0.25) is 14.6 Å². The molecule has 0 bridgehead atoms. The first kappa shape index (κ1) is 32.5. The Bertz CT molecular complexity index is 1820. The zero-order chi connectivity index (χ0) is 33.3. The lowest BCUT2D eigenvalue weighted by Crippen LogP contribution is -2.45. The summed E-state index contributed by atoms with van der Waals surface area (Å²) in [5.74, 6) is -1.90. The Balaban J connectivity index is 1.60. The van der Waals surface area contributed by atoms with Gasteiger partial charge < -0.3 is 20.3 Å². The number of carbonyl (C=O) groups is 3. The summed E-state index contributed by atoms with van der Waals surface area (Å²) in [6, 6.07) is 13.8. The molecule has 46 heavy (non-hydrogen) atoms. The summed E-state index contributed by atoms with van der Waals surface area (Å²) in [5.41, 5.74) is 8.63. The standard InChI is InChI=1S/C36H38F2N4O4/c1-21-11-25(17-26(37)12-21)30-19-40-31-9-8-23(24-13-22(15-32(39)43)14-27(38)16-24)18-29(31)33(30)34(44)41(5)20-28-7-6-10-42(28)35(45)46-36(2,3)4/h8-9,11-14,16-19,28H,6-7,10,15,20H2,1-5H3,(H2,39,43)/t28-/m0/s1. The van der Waals surface area contributed by atoms with E-state index in [9.17, 15) is 23.2 Å². The van der Waals surface area contributed by atoms with Crippen molar-refractivity contribution in [3.63, 3.8) is 0 Å². The van der Waals surface area contributed by atoms with Gasteiger partial charge in [-0.05, 0) is 105 Å². The van der Waals surface area contributed by atoms with Crippen LogP contribution in [0.2, 0.25) is 0 Å². The molecule has 1 fully saturated rings. The number of benzene rings is 3. The number of ether oxygens (including phenoxy) is 1. The molecule has 10 heteroatoms. The van der Waals surface area contributed by atoms with Gasteiger partial charge >= 0.3 is 6.09 Å². The molecule has 1 aromatic heterocycles. The van der Waals surface area contributed by atoms with Gasteiger partial charge in [0.1, 0.15) is 17.2 Å². The number of aromatic nitrogens is 1. The van der Waals surface area contributed by atoms with E-state index in [2.05, 4.69) is 4.98 Å². The van der Waals surface area contributed by atoms with Gasteiger partial charge in [0.15, 0.2) is 0 Å². The van der Waals surface area contributed by atoms with Crippen LogP contribution in [0.5, 0.6) is 0 Å². The van der Waals surface area contributed by atoms with Crippen molar-refractivity contribution in [1.82, 2.24) is 14.8 Å². The maximum atomic E-state index is 14.6. The fourth-order valence-electron chi connectivity index (χ4n) is 6.01. The van der Waals surface area contributed by atoms with E-state index in [0.29, 0.717) is 62.8 Å². The van der Waals surface area contributed by atoms with Gasteiger partial charge in [0, 0.05) is 37.3 Å². The van der Waals surface area contributed by atoms with Crippen LogP contribution in [0.15, 0.2) is 60.8 Å². The largest absolute Gasteiger partial charge is 0.444 e. The van der Waals surface area contributed by atoms with E-state index in [0.717, 1.165) is 6.42 Å². The highest BCUT2D eigenvalue weighted by Crippen LogP contribution is 2.34. The third kappa shape index (κ3) is 7.33. The number of carbonyl (C=O) groups excluding carboxylic acids is 3. The highest BCUT2D eigenvalue weighted by molar-refractivity contribution is 6.12. The predicted molar refractivity (Wildman–Crippen MR) is 173 cm³/mol. The minimum atomic E-state index is -0.653. The minimum absolute atomic E-state index is 0.126. The minimum Gasteiger partial charge on any atom is -0.444 e. The zero-order valence-electron chi connectivity index (χ0n) is 26.7. The average Bonchev–Trinajstić information content (AvgIpc) is 3.42. The maximum Gasteiger partial charge on any atom is 0.410 e. The van der Waals surface area contributed by atoms with Gasteiger partial charge in [-0.15, -0.1) is 0 Å². The first-order valence-electron chi connectivity index (χ1n) is 15.2. The van der Waals surface area contributed by atoms with E-state index in [-0.39, 0.29) is 24.9 Å². The van der Waals surface area contributed by atoms with Crippen molar-refractivity contribution in [2.24, 2.45) is 5.73 Å². The molecule has 5 rings (SSSR count). The molecule has 2 heterocycles. The van der Waals surface area contributed by atoms with E-state index in [1.54, 1.807) is 60.3 Å². The van der Waals surface area contributed by atoms with Gasteiger partial charge in [0.25, 0.3) is 5.91 Å². The molecule has 1 saturated heterocycles. The smallest absolute Gasteiger partial charge is 0.410 e. The summed E-state index contributed by atoms with van der Waals surface area (Å²) in [5, 5.41) is 0.491. The Kier molecular flexibility index (Phi) is 9.10. The zero-order valence-corrected chi connectivity index (χ0v) is 26.7. The van der Waals surface area contributed by atoms with Crippen molar-refractivity contribution in [3.8, 4) is 22.3 Å². The second-order valence-electron chi connectivity index (χ2n) is 12.9. The van der Waals surface area contributed by atoms with Gasteiger partial charge in [-0.25, -0.2) is 13.6 Å². The average molecular weight is 629 g/mol. The summed E-state index contributed by atoms with van der Waals surface area (Å²) in [6.45, 7) is 7.99. The van der Waals surface area contributed by atoms with Crippen LogP contribution < -0.4 is 5.73 Å². The molecule has 3 aromatic carbocycles. The third-order valence-corrected chi connectivity index (χ3v) is 7.94. The number of likely N-dealkylation sites (tertiary alicyclic amines) is 1. The van der Waals surface area contributed by atoms with Crippen molar-refractivity contribution < 1.29 is 27.9 Å². The molecule has 1 atom stereocenters. The Hall–Kier alpha value is -4.86. The van der Waals surface area contributed by atoms with E-state index < -0.39 is 29.2 Å². The first-order valence-corrected chi connectivity index (χ1v) is 15.2. The van der Waals surface area contributed by atoms with Crippen LogP contribution in [-0.2, 0) is 16.0 Å². The molecule has 3 amide bonds. The number of aryl methyl sites for hydroxylation is 1. The molecule has 2 N–H and O–H groups in total. The van der Waals surface area contributed by atoms with Crippen molar-refractivity contribution in [2.45, 2.75) is 58.6 Å². The predicted octanol–water partition coefficient (Wildman–Crippen LogP) is 6.65. The second kappa shape index (κ2) is 12.9. The maximum absolute atomic E-state index is 14.6. The van der Waals surface area contributed by atoms with Gasteiger partial charge in [-0.1, -0.05) is 18.2 Å². The van der Waals surface area contributed by atoms with Crippen LogP contribution in [0.4, 0.5) is 13.6 Å². The van der Waals surface area contributed by atoms with Crippen LogP contribution in [0.3, 0.4) is 0 Å². The number of primary amides is 1. The monoisotopic (exact) mass is 628 g/mol. The number of hydrogen-bond acceptors (Lipinski definition) is 5. The summed E-state index contributed by atoms with van der Waals surface area (Å²) in [6.07, 6.45) is 2.51. The number of hydrogen-bond donors (Lipinski definition) is 1. The van der Waals surface area contributed by atoms with Crippen molar-refractivity contribution in [3.05, 3.63) is 89.1 Å². The van der Waals surface area contributed by atoms with E-state index in [1.807, 2.05) is 20.8 Å². The number of amides is 3. The first-order chi connectivity index (χ1) is 21.7. The lowest BCUT2D eigenvalue weighted by atomic mass is 9.93. The molecule has 0 radical (unpaired) electrons. The van der Waals surface area contributed by atoms with Crippen LogP contribution in [-0.4, -0.2) is 64.5 Å². The van der Waals surface area contributed by atoms with Gasteiger partial charge in [0.2, 0.25) is 5.91 Å². The summed E-state index contributed by atoms with van der Waals surface area (Å²) in [4.78, 5) is 46.8. The molecular weight excluding hydrogens is 590 g/mol. The third-order valence-electron chi connectivity index (χ3n) is 7.94. The molecule has 4 aromatic rings. The number of pyridine rings is 1. The molecule has 0 aliphatic carbocycles. The van der Waals surface area contributed by atoms with Crippen molar-refractivity contribution in [1.29, 1.82) is 0 Å². The summed E-state index contributed by atoms with van der Waals surface area (Å²) in [7, 11) is 1.67. The second-order valence-corrected chi connectivity index (χ2v) is 12.9. The van der Waals surface area contributed by atoms with E-state index >= 15 is 0 Å². The molecule has 1 aliphatic heterocycles. The van der Waals surface area contributed by atoms with Gasteiger partial charge in [-0.2, -0.15) is 0 Å². The molecule has 240 valence electrons. The normalized spacial score (nSPS) is 14.8. The van der Waals surface area contributed by atoms with Crippen LogP contribution in [0.25, 0.3) is 33.2 Å². The highest BCUT2D eigenvalue weighted by Gasteiger charge is 2.34. The number of rotatable bonds is 7. The number of likely N-dealkylation sites (N-methyl/N-ethyl adjacent to an activating group) is 1. The Morgan fingerprint density at radius 2 is 1.72 bits per heavy atom. The Morgan fingerprint density at radius 3 is 2.41 bits per heavy atom. The summed E-state index contributed by atoms with van der Waals surface area (Å²) >= 11 is 0. The van der Waals surface area contributed by atoms with Gasteiger partial charge in [0.05, 0.1) is 23.5 Å². The Morgan fingerprint density at radius 1 is 1.00 bits per heavy atom. The number of nitrogens with zero attached hydrogens (tertiary/aromatic N) is 3. The van der Waals surface area contributed by atoms with E-state index in [4.69, 9.17) is 10.5 Å². The highest BCUT2D eigenvalue weighted by atomic mass is 19.1. The molecule has 1 aliphatic rings. The van der Waals surface area contributed by atoms with Crippen LogP contribution >= 0.6 is 0 Å². The molecule has 0 unspecified atom stereocenters. The topological polar surface area (TPSA) is 106 Å². The number of nitrogens with two attached hydrogens (primary N) is 1. The number of halogens is 2.